The summed E-state index contributed by atoms with van der Waals surface area (Å²) in [6.45, 7) is 5.66. The predicted molar refractivity (Wildman–Crippen MR) is 101 cm³/mol. The molecule has 0 atom stereocenters. The SMILES string of the molecule is CCN(c1cc(Cl)cc(COC)c1C)C1CCC(S(C)(=O)=O)CC1. The van der Waals surface area contributed by atoms with Gasteiger partial charge < -0.3 is 9.64 Å². The molecule has 1 aliphatic rings. The van der Waals surface area contributed by atoms with Gasteiger partial charge in [0.2, 0.25) is 0 Å². The second-order valence-electron chi connectivity index (χ2n) is 6.69. The Labute approximate surface area is 151 Å². The Hall–Kier alpha value is -0.780. The van der Waals surface area contributed by atoms with Gasteiger partial charge in [0.05, 0.1) is 11.9 Å². The molecule has 2 rings (SSSR count). The molecule has 0 radical (unpaired) electrons. The highest BCUT2D eigenvalue weighted by Crippen LogP contribution is 2.34. The van der Waals surface area contributed by atoms with Crippen molar-refractivity contribution in [2.24, 2.45) is 0 Å². The smallest absolute Gasteiger partial charge is 0.150 e. The molecular formula is C18H28ClNO3S. The van der Waals surface area contributed by atoms with Crippen molar-refractivity contribution in [3.63, 3.8) is 0 Å². The molecule has 1 aliphatic carbocycles. The van der Waals surface area contributed by atoms with Crippen molar-refractivity contribution in [3.8, 4) is 0 Å². The summed E-state index contributed by atoms with van der Waals surface area (Å²) < 4.78 is 28.8. The molecule has 4 nitrogen and oxygen atoms in total. The van der Waals surface area contributed by atoms with Crippen molar-refractivity contribution in [2.75, 3.05) is 24.8 Å². The van der Waals surface area contributed by atoms with Crippen LogP contribution in [0.1, 0.15) is 43.7 Å². The number of sulfone groups is 1. The molecule has 6 heteroatoms. The Morgan fingerprint density at radius 2 is 1.88 bits per heavy atom. The number of hydrogen-bond donors (Lipinski definition) is 0. The minimum atomic E-state index is -2.93. The zero-order valence-corrected chi connectivity index (χ0v) is 16.6. The van der Waals surface area contributed by atoms with E-state index in [2.05, 4.69) is 18.7 Å². The van der Waals surface area contributed by atoms with Gasteiger partial charge in [-0.25, -0.2) is 8.42 Å². The maximum atomic E-state index is 11.8. The Morgan fingerprint density at radius 3 is 2.38 bits per heavy atom. The van der Waals surface area contributed by atoms with Crippen molar-refractivity contribution in [1.82, 2.24) is 0 Å². The molecule has 0 saturated heterocycles. The third-order valence-corrected chi connectivity index (χ3v) is 6.99. The van der Waals surface area contributed by atoms with Crippen molar-refractivity contribution in [3.05, 3.63) is 28.3 Å². The molecule has 0 spiro atoms. The molecule has 0 amide bonds. The molecule has 0 heterocycles. The molecule has 0 aliphatic heterocycles. The first kappa shape index (κ1) is 19.5. The maximum absolute atomic E-state index is 11.8. The van der Waals surface area contributed by atoms with Gasteiger partial charge in [-0.05, 0) is 62.8 Å². The van der Waals surface area contributed by atoms with Crippen LogP contribution in [0.3, 0.4) is 0 Å². The highest BCUT2D eigenvalue weighted by molar-refractivity contribution is 7.91. The van der Waals surface area contributed by atoms with Crippen molar-refractivity contribution in [1.29, 1.82) is 0 Å². The van der Waals surface area contributed by atoms with Crippen LogP contribution in [0, 0.1) is 6.92 Å². The lowest BCUT2D eigenvalue weighted by atomic mass is 9.92. The summed E-state index contributed by atoms with van der Waals surface area (Å²) in [5.41, 5.74) is 3.43. The highest BCUT2D eigenvalue weighted by Gasteiger charge is 2.31. The minimum Gasteiger partial charge on any atom is -0.380 e. The van der Waals surface area contributed by atoms with Crippen molar-refractivity contribution >= 4 is 27.1 Å². The summed E-state index contributed by atoms with van der Waals surface area (Å²) in [6.07, 6.45) is 4.64. The molecule has 136 valence electrons. The van der Waals surface area contributed by atoms with Gasteiger partial charge in [-0.2, -0.15) is 0 Å². The Bertz CT molecular complexity index is 667. The van der Waals surface area contributed by atoms with E-state index in [0.29, 0.717) is 17.7 Å². The lowest BCUT2D eigenvalue weighted by Crippen LogP contribution is -2.41. The Balaban J connectivity index is 2.24. The maximum Gasteiger partial charge on any atom is 0.150 e. The van der Waals surface area contributed by atoms with E-state index in [1.807, 2.05) is 12.1 Å². The minimum absolute atomic E-state index is 0.183. The van der Waals surface area contributed by atoms with Gasteiger partial charge in [-0.1, -0.05) is 11.6 Å². The fourth-order valence-corrected chi connectivity index (χ4v) is 5.10. The van der Waals surface area contributed by atoms with E-state index in [1.54, 1.807) is 7.11 Å². The van der Waals surface area contributed by atoms with E-state index in [9.17, 15) is 8.42 Å². The van der Waals surface area contributed by atoms with Crippen LogP contribution in [0.15, 0.2) is 12.1 Å². The summed E-state index contributed by atoms with van der Waals surface area (Å²) in [4.78, 5) is 2.37. The van der Waals surface area contributed by atoms with E-state index in [4.69, 9.17) is 16.3 Å². The fraction of sp³-hybridized carbons (Fsp3) is 0.667. The molecule has 0 aromatic heterocycles. The van der Waals surface area contributed by atoms with Crippen LogP contribution in [0.4, 0.5) is 5.69 Å². The molecule has 24 heavy (non-hydrogen) atoms. The second-order valence-corrected chi connectivity index (χ2v) is 9.45. The van der Waals surface area contributed by atoms with Crippen LogP contribution in [0.25, 0.3) is 0 Å². The summed E-state index contributed by atoms with van der Waals surface area (Å²) >= 11 is 6.32. The second kappa shape index (κ2) is 8.07. The molecule has 1 saturated carbocycles. The largest absolute Gasteiger partial charge is 0.380 e. The number of nitrogens with zero attached hydrogens (tertiary/aromatic N) is 1. The standard InChI is InChI=1S/C18H28ClNO3S/c1-5-20(16-6-8-17(9-7-16)24(4,21)22)18-11-15(19)10-14(12-23-3)13(18)2/h10-11,16-17H,5-9,12H2,1-4H3. The van der Waals surface area contributed by atoms with Gasteiger partial charge >= 0.3 is 0 Å². The number of halogens is 1. The zero-order chi connectivity index (χ0) is 17.9. The molecule has 0 N–H and O–H groups in total. The summed E-state index contributed by atoms with van der Waals surface area (Å²) in [7, 11) is -1.25. The van der Waals surface area contributed by atoms with Crippen LogP contribution >= 0.6 is 11.6 Å². The average molecular weight is 374 g/mol. The van der Waals surface area contributed by atoms with Gasteiger partial charge in [0, 0.05) is 36.7 Å². The quantitative estimate of drug-likeness (QED) is 0.756. The lowest BCUT2D eigenvalue weighted by molar-refractivity contribution is 0.184. The topological polar surface area (TPSA) is 46.6 Å². The van der Waals surface area contributed by atoms with Crippen LogP contribution in [-0.2, 0) is 21.2 Å². The normalized spacial score (nSPS) is 21.7. The van der Waals surface area contributed by atoms with Gasteiger partial charge in [-0.15, -0.1) is 0 Å². The zero-order valence-electron chi connectivity index (χ0n) is 15.0. The van der Waals surface area contributed by atoms with E-state index < -0.39 is 9.84 Å². The monoisotopic (exact) mass is 373 g/mol. The summed E-state index contributed by atoms with van der Waals surface area (Å²) in [5.74, 6) is 0. The number of benzene rings is 1. The third-order valence-electron chi connectivity index (χ3n) is 5.09. The number of methoxy groups -OCH3 is 1. The van der Waals surface area contributed by atoms with Gasteiger partial charge in [-0.3, -0.25) is 0 Å². The Morgan fingerprint density at radius 1 is 1.25 bits per heavy atom. The summed E-state index contributed by atoms with van der Waals surface area (Å²) in [6, 6.07) is 4.33. The molecule has 0 bridgehead atoms. The fourth-order valence-electron chi connectivity index (χ4n) is 3.73. The van der Waals surface area contributed by atoms with E-state index >= 15 is 0 Å². The van der Waals surface area contributed by atoms with Crippen molar-refractivity contribution < 1.29 is 13.2 Å². The number of ether oxygens (including phenoxy) is 1. The number of hydrogen-bond acceptors (Lipinski definition) is 4. The van der Waals surface area contributed by atoms with Crippen LogP contribution in [0.5, 0.6) is 0 Å². The van der Waals surface area contributed by atoms with E-state index in [0.717, 1.165) is 43.5 Å². The van der Waals surface area contributed by atoms with E-state index in [-0.39, 0.29) is 5.25 Å². The van der Waals surface area contributed by atoms with Crippen LogP contribution in [-0.4, -0.2) is 39.6 Å². The average Bonchev–Trinajstić information content (AvgIpc) is 2.52. The summed E-state index contributed by atoms with van der Waals surface area (Å²) in [5, 5.41) is 0.530. The first-order chi connectivity index (χ1) is 11.3. The first-order valence-electron chi connectivity index (χ1n) is 8.51. The van der Waals surface area contributed by atoms with Gasteiger partial charge in [0.25, 0.3) is 0 Å². The van der Waals surface area contributed by atoms with Crippen LogP contribution < -0.4 is 4.90 Å². The Kier molecular flexibility index (Phi) is 6.57. The van der Waals surface area contributed by atoms with Crippen LogP contribution in [0.2, 0.25) is 5.02 Å². The van der Waals surface area contributed by atoms with Gasteiger partial charge in [0.1, 0.15) is 9.84 Å². The number of anilines is 1. The predicted octanol–water partition coefficient (Wildman–Crippen LogP) is 3.98. The molecule has 1 aromatic rings. The molecule has 1 aromatic carbocycles. The lowest BCUT2D eigenvalue weighted by Gasteiger charge is -2.38. The van der Waals surface area contributed by atoms with Gasteiger partial charge in [0.15, 0.2) is 0 Å². The molecular weight excluding hydrogens is 346 g/mol. The third kappa shape index (κ3) is 4.44. The molecule has 1 fully saturated rings. The highest BCUT2D eigenvalue weighted by atomic mass is 35.5. The first-order valence-corrected chi connectivity index (χ1v) is 10.8. The van der Waals surface area contributed by atoms with E-state index in [1.165, 1.54) is 11.8 Å². The molecule has 0 unspecified atom stereocenters. The van der Waals surface area contributed by atoms with Crippen molar-refractivity contribution in [2.45, 2.75) is 57.4 Å². The number of rotatable bonds is 6.